The van der Waals surface area contributed by atoms with Crippen molar-refractivity contribution in [3.8, 4) is 11.5 Å². The minimum atomic E-state index is -1.38. The van der Waals surface area contributed by atoms with E-state index in [0.29, 0.717) is 19.6 Å². The fraction of sp³-hybridized carbons (Fsp3) is 0.467. The standard InChI is InChI=1S/C15H22O2Si/c1-18(2,3)12-10-15(16)9-11-17-13-14-7-5-4-6-8-14/h4-8,15-16H,9,11,13H2,1-3H3. The van der Waals surface area contributed by atoms with Gasteiger partial charge in [-0.2, -0.15) is 0 Å². The highest BCUT2D eigenvalue weighted by Gasteiger charge is 2.08. The van der Waals surface area contributed by atoms with Crippen molar-refractivity contribution in [3.05, 3.63) is 35.9 Å². The molecule has 0 saturated heterocycles. The lowest BCUT2D eigenvalue weighted by Gasteiger charge is -2.07. The van der Waals surface area contributed by atoms with Crippen molar-refractivity contribution in [1.82, 2.24) is 0 Å². The van der Waals surface area contributed by atoms with Gasteiger partial charge in [-0.25, -0.2) is 0 Å². The van der Waals surface area contributed by atoms with Gasteiger partial charge in [-0.1, -0.05) is 55.9 Å². The van der Waals surface area contributed by atoms with Crippen molar-refractivity contribution in [2.45, 2.75) is 38.8 Å². The molecule has 0 spiro atoms. The molecule has 0 aliphatic rings. The highest BCUT2D eigenvalue weighted by molar-refractivity contribution is 6.83. The minimum Gasteiger partial charge on any atom is -0.380 e. The zero-order valence-electron chi connectivity index (χ0n) is 11.4. The summed E-state index contributed by atoms with van der Waals surface area (Å²) in [6.45, 7) is 7.63. The predicted molar refractivity (Wildman–Crippen MR) is 77.8 cm³/mol. The van der Waals surface area contributed by atoms with Gasteiger partial charge in [0.05, 0.1) is 13.2 Å². The maximum absolute atomic E-state index is 9.68. The Labute approximate surface area is 111 Å². The van der Waals surface area contributed by atoms with Gasteiger partial charge in [-0.05, 0) is 5.56 Å². The molecule has 18 heavy (non-hydrogen) atoms. The van der Waals surface area contributed by atoms with Gasteiger partial charge in [-0.15, -0.1) is 5.54 Å². The Morgan fingerprint density at radius 1 is 1.22 bits per heavy atom. The Morgan fingerprint density at radius 3 is 2.50 bits per heavy atom. The van der Waals surface area contributed by atoms with Gasteiger partial charge in [0.2, 0.25) is 0 Å². The van der Waals surface area contributed by atoms with Crippen molar-refractivity contribution in [1.29, 1.82) is 0 Å². The molecule has 0 amide bonds. The third kappa shape index (κ3) is 7.28. The molecule has 98 valence electrons. The van der Waals surface area contributed by atoms with Gasteiger partial charge in [0.15, 0.2) is 0 Å². The largest absolute Gasteiger partial charge is 0.380 e. The molecule has 1 aromatic carbocycles. The van der Waals surface area contributed by atoms with Crippen molar-refractivity contribution in [2.24, 2.45) is 0 Å². The Kier molecular flexibility index (Phi) is 6.13. The average molecular weight is 262 g/mol. The highest BCUT2D eigenvalue weighted by Crippen LogP contribution is 2.02. The fourth-order valence-electron chi connectivity index (χ4n) is 1.33. The molecule has 0 aliphatic carbocycles. The SMILES string of the molecule is C[Si](C)(C)C#CC(O)CCOCc1ccccc1. The van der Waals surface area contributed by atoms with Crippen LogP contribution in [0.5, 0.6) is 0 Å². The van der Waals surface area contributed by atoms with Crippen molar-refractivity contribution in [3.63, 3.8) is 0 Å². The third-order valence-corrected chi connectivity index (χ3v) is 3.16. The zero-order chi connectivity index (χ0) is 13.4. The molecule has 0 heterocycles. The van der Waals surface area contributed by atoms with E-state index in [1.807, 2.05) is 30.3 Å². The van der Waals surface area contributed by atoms with Gasteiger partial charge in [0.25, 0.3) is 0 Å². The van der Waals surface area contributed by atoms with Crippen LogP contribution in [0.2, 0.25) is 19.6 Å². The first kappa shape index (κ1) is 15.0. The maximum Gasteiger partial charge on any atom is 0.129 e. The number of aliphatic hydroxyl groups excluding tert-OH is 1. The summed E-state index contributed by atoms with van der Waals surface area (Å²) in [6, 6.07) is 10.0. The van der Waals surface area contributed by atoms with Gasteiger partial charge in [0.1, 0.15) is 14.2 Å². The molecule has 1 aromatic rings. The van der Waals surface area contributed by atoms with E-state index >= 15 is 0 Å². The molecule has 1 unspecified atom stereocenters. The topological polar surface area (TPSA) is 29.5 Å². The van der Waals surface area contributed by atoms with Crippen LogP contribution in [-0.2, 0) is 11.3 Å². The van der Waals surface area contributed by atoms with Crippen molar-refractivity contribution in [2.75, 3.05) is 6.61 Å². The summed E-state index contributed by atoms with van der Waals surface area (Å²) in [6.07, 6.45) is 0.0112. The Balaban J connectivity index is 2.20. The van der Waals surface area contributed by atoms with Gasteiger partial charge >= 0.3 is 0 Å². The summed E-state index contributed by atoms with van der Waals surface area (Å²) in [5.41, 5.74) is 4.32. The quantitative estimate of drug-likeness (QED) is 0.502. The zero-order valence-corrected chi connectivity index (χ0v) is 12.4. The molecule has 0 radical (unpaired) electrons. The third-order valence-electron chi connectivity index (χ3n) is 2.26. The second-order valence-electron chi connectivity index (χ2n) is 5.36. The molecule has 3 heteroatoms. The summed E-state index contributed by atoms with van der Waals surface area (Å²) in [4.78, 5) is 0. The van der Waals surface area contributed by atoms with E-state index in [4.69, 9.17) is 4.74 Å². The number of rotatable bonds is 5. The Bertz CT molecular complexity index is 398. The first-order chi connectivity index (χ1) is 8.47. The van der Waals surface area contributed by atoms with E-state index in [1.165, 1.54) is 0 Å². The smallest absolute Gasteiger partial charge is 0.129 e. The number of hydrogen-bond donors (Lipinski definition) is 1. The van der Waals surface area contributed by atoms with Crippen LogP contribution in [0.1, 0.15) is 12.0 Å². The molecule has 0 bridgehead atoms. The number of aliphatic hydroxyl groups is 1. The summed E-state index contributed by atoms with van der Waals surface area (Å²) >= 11 is 0. The van der Waals surface area contributed by atoms with Crippen molar-refractivity contribution < 1.29 is 9.84 Å². The Hall–Kier alpha value is -1.08. The van der Waals surface area contributed by atoms with E-state index in [0.717, 1.165) is 5.56 Å². The van der Waals surface area contributed by atoms with Crippen LogP contribution in [0.4, 0.5) is 0 Å². The molecule has 2 nitrogen and oxygen atoms in total. The minimum absolute atomic E-state index is 0.538. The molecular weight excluding hydrogens is 240 g/mol. The molecular formula is C15H22O2Si. The average Bonchev–Trinajstić information content (AvgIpc) is 2.33. The van der Waals surface area contributed by atoms with E-state index in [1.54, 1.807) is 0 Å². The lowest BCUT2D eigenvalue weighted by Crippen LogP contribution is -2.18. The van der Waals surface area contributed by atoms with Crippen LogP contribution in [0.25, 0.3) is 0 Å². The number of hydrogen-bond acceptors (Lipinski definition) is 2. The highest BCUT2D eigenvalue weighted by atomic mass is 28.3. The maximum atomic E-state index is 9.68. The number of benzene rings is 1. The molecule has 1 N–H and O–H groups in total. The van der Waals surface area contributed by atoms with Crippen molar-refractivity contribution >= 4 is 8.07 Å². The summed E-state index contributed by atoms with van der Waals surface area (Å²) < 4.78 is 5.51. The van der Waals surface area contributed by atoms with E-state index in [2.05, 4.69) is 31.1 Å². The lowest BCUT2D eigenvalue weighted by atomic mass is 10.2. The number of ether oxygens (including phenoxy) is 1. The van der Waals surface area contributed by atoms with E-state index < -0.39 is 14.2 Å². The first-order valence-electron chi connectivity index (χ1n) is 6.30. The molecule has 1 atom stereocenters. The van der Waals surface area contributed by atoms with Crippen LogP contribution in [0.15, 0.2) is 30.3 Å². The van der Waals surface area contributed by atoms with Crippen LogP contribution in [0.3, 0.4) is 0 Å². The van der Waals surface area contributed by atoms with Gasteiger partial charge < -0.3 is 9.84 Å². The van der Waals surface area contributed by atoms with Crippen LogP contribution in [-0.4, -0.2) is 25.9 Å². The molecule has 0 aliphatic heterocycles. The summed E-state index contributed by atoms with van der Waals surface area (Å²) in [5, 5.41) is 9.68. The van der Waals surface area contributed by atoms with Gasteiger partial charge in [0, 0.05) is 6.42 Å². The summed E-state index contributed by atoms with van der Waals surface area (Å²) in [5.74, 6) is 2.91. The fourth-order valence-corrected chi connectivity index (χ4v) is 1.93. The Morgan fingerprint density at radius 2 is 1.89 bits per heavy atom. The predicted octanol–water partition coefficient (Wildman–Crippen LogP) is 2.84. The molecule has 1 rings (SSSR count). The molecule has 0 fully saturated rings. The van der Waals surface area contributed by atoms with Crippen LogP contribution in [0, 0.1) is 11.5 Å². The van der Waals surface area contributed by atoms with Crippen LogP contribution >= 0.6 is 0 Å². The second kappa shape index (κ2) is 7.37. The molecule has 0 saturated carbocycles. The molecule has 0 aromatic heterocycles. The van der Waals surface area contributed by atoms with Crippen LogP contribution < -0.4 is 0 Å². The van der Waals surface area contributed by atoms with Gasteiger partial charge in [-0.3, -0.25) is 0 Å². The monoisotopic (exact) mass is 262 g/mol. The van der Waals surface area contributed by atoms with E-state index in [9.17, 15) is 5.11 Å². The van der Waals surface area contributed by atoms with E-state index in [-0.39, 0.29) is 0 Å². The normalized spacial score (nSPS) is 12.7. The first-order valence-corrected chi connectivity index (χ1v) is 9.80. The second-order valence-corrected chi connectivity index (χ2v) is 10.1. The summed E-state index contributed by atoms with van der Waals surface area (Å²) in [7, 11) is -1.38. The lowest BCUT2D eigenvalue weighted by molar-refractivity contribution is 0.0907.